The zero-order chi connectivity index (χ0) is 16.1. The lowest BCUT2D eigenvalue weighted by atomic mass is 9.90. The Kier molecular flexibility index (Phi) is 5.31. The minimum Gasteiger partial charge on any atom is -0.355 e. The molecular weight excluding hydrogens is 288 g/mol. The molecule has 0 spiro atoms. The largest absolute Gasteiger partial charge is 0.355 e. The number of hydrogen-bond acceptors (Lipinski definition) is 2. The first-order valence-electron chi connectivity index (χ1n) is 8.87. The van der Waals surface area contributed by atoms with Gasteiger partial charge in [-0.25, -0.2) is 0 Å². The maximum atomic E-state index is 12.0. The minimum atomic E-state index is 0.00924. The number of aryl methyl sites for hydroxylation is 2. The van der Waals surface area contributed by atoms with Crippen molar-refractivity contribution >= 4 is 11.8 Å². The number of amides is 2. The lowest BCUT2D eigenvalue weighted by Gasteiger charge is -2.17. The van der Waals surface area contributed by atoms with Crippen molar-refractivity contribution in [2.75, 3.05) is 19.6 Å². The Labute approximate surface area is 138 Å². The van der Waals surface area contributed by atoms with Crippen LogP contribution in [0.4, 0.5) is 0 Å². The van der Waals surface area contributed by atoms with Crippen molar-refractivity contribution in [3.05, 3.63) is 34.9 Å². The monoisotopic (exact) mass is 314 g/mol. The van der Waals surface area contributed by atoms with Gasteiger partial charge in [0.1, 0.15) is 0 Å². The molecule has 2 amide bonds. The third-order valence-electron chi connectivity index (χ3n) is 4.90. The summed E-state index contributed by atoms with van der Waals surface area (Å²) >= 11 is 0. The van der Waals surface area contributed by atoms with Crippen LogP contribution in [0.5, 0.6) is 0 Å². The summed E-state index contributed by atoms with van der Waals surface area (Å²) in [4.78, 5) is 25.9. The topological polar surface area (TPSA) is 49.4 Å². The Morgan fingerprint density at radius 3 is 2.52 bits per heavy atom. The number of carbonyl (C=O) groups is 2. The van der Waals surface area contributed by atoms with Gasteiger partial charge in [0.05, 0.1) is 6.42 Å². The molecule has 1 aliphatic heterocycles. The van der Waals surface area contributed by atoms with E-state index in [9.17, 15) is 9.59 Å². The number of benzene rings is 1. The van der Waals surface area contributed by atoms with Gasteiger partial charge in [-0.05, 0) is 55.2 Å². The highest BCUT2D eigenvalue weighted by Crippen LogP contribution is 2.22. The van der Waals surface area contributed by atoms with Crippen molar-refractivity contribution in [1.82, 2.24) is 10.2 Å². The molecule has 23 heavy (non-hydrogen) atoms. The second-order valence-electron chi connectivity index (χ2n) is 6.67. The van der Waals surface area contributed by atoms with E-state index in [4.69, 9.17) is 0 Å². The summed E-state index contributed by atoms with van der Waals surface area (Å²) in [6.45, 7) is 2.20. The first-order valence-corrected chi connectivity index (χ1v) is 8.87. The molecule has 1 heterocycles. The maximum absolute atomic E-state index is 12.0. The van der Waals surface area contributed by atoms with Crippen molar-refractivity contribution in [1.29, 1.82) is 0 Å². The van der Waals surface area contributed by atoms with Crippen LogP contribution in [0.3, 0.4) is 0 Å². The Bertz CT molecular complexity index is 577. The molecule has 1 fully saturated rings. The maximum Gasteiger partial charge on any atom is 0.224 e. The molecule has 1 aromatic rings. The molecule has 1 saturated heterocycles. The van der Waals surface area contributed by atoms with E-state index < -0.39 is 0 Å². The van der Waals surface area contributed by atoms with Gasteiger partial charge in [0.25, 0.3) is 0 Å². The average molecular weight is 314 g/mol. The fourth-order valence-corrected chi connectivity index (χ4v) is 3.58. The SMILES string of the molecule is O=C(Cc1ccc2c(c1)CCCC2)NCCC(=O)N1CCCC1. The Hall–Kier alpha value is -1.84. The molecular formula is C19H26N2O2. The zero-order valence-electron chi connectivity index (χ0n) is 13.8. The van der Waals surface area contributed by atoms with Gasteiger partial charge in [0, 0.05) is 26.1 Å². The van der Waals surface area contributed by atoms with E-state index in [1.165, 1.54) is 30.4 Å². The molecule has 0 unspecified atom stereocenters. The van der Waals surface area contributed by atoms with Gasteiger partial charge in [-0.3, -0.25) is 9.59 Å². The van der Waals surface area contributed by atoms with E-state index in [1.54, 1.807) is 0 Å². The Morgan fingerprint density at radius 2 is 1.74 bits per heavy atom. The number of fused-ring (bicyclic) bond motifs is 1. The molecule has 0 bridgehead atoms. The summed E-state index contributed by atoms with van der Waals surface area (Å²) < 4.78 is 0. The molecule has 0 atom stereocenters. The predicted molar refractivity (Wildman–Crippen MR) is 90.2 cm³/mol. The average Bonchev–Trinajstić information content (AvgIpc) is 3.09. The normalized spacial score (nSPS) is 17.0. The summed E-state index contributed by atoms with van der Waals surface area (Å²) in [6, 6.07) is 6.43. The standard InChI is InChI=1S/C19H26N2O2/c22-18(20-10-9-19(23)21-11-3-4-12-21)14-15-7-8-16-5-1-2-6-17(16)13-15/h7-8,13H,1-6,9-12,14H2,(H,20,22). The van der Waals surface area contributed by atoms with Gasteiger partial charge in [0.2, 0.25) is 11.8 Å². The molecule has 124 valence electrons. The van der Waals surface area contributed by atoms with E-state index in [0.717, 1.165) is 37.9 Å². The van der Waals surface area contributed by atoms with Crippen LogP contribution >= 0.6 is 0 Å². The molecule has 0 saturated carbocycles. The van der Waals surface area contributed by atoms with E-state index in [1.807, 2.05) is 4.90 Å². The second-order valence-corrected chi connectivity index (χ2v) is 6.67. The Morgan fingerprint density at radius 1 is 1.00 bits per heavy atom. The summed E-state index contributed by atoms with van der Waals surface area (Å²) in [5.74, 6) is 0.173. The molecule has 0 aromatic heterocycles. The van der Waals surface area contributed by atoms with Crippen LogP contribution in [0.25, 0.3) is 0 Å². The van der Waals surface area contributed by atoms with E-state index in [0.29, 0.717) is 19.4 Å². The first-order chi connectivity index (χ1) is 11.2. The fourth-order valence-electron chi connectivity index (χ4n) is 3.58. The molecule has 1 aliphatic carbocycles. The van der Waals surface area contributed by atoms with E-state index >= 15 is 0 Å². The van der Waals surface area contributed by atoms with E-state index in [-0.39, 0.29) is 11.8 Å². The number of hydrogen-bond donors (Lipinski definition) is 1. The summed E-state index contributed by atoms with van der Waals surface area (Å²) in [5.41, 5.74) is 3.93. The van der Waals surface area contributed by atoms with Gasteiger partial charge in [-0.1, -0.05) is 18.2 Å². The third kappa shape index (κ3) is 4.34. The van der Waals surface area contributed by atoms with Gasteiger partial charge in [-0.15, -0.1) is 0 Å². The van der Waals surface area contributed by atoms with Crippen molar-refractivity contribution < 1.29 is 9.59 Å². The Balaban J connectivity index is 1.43. The summed E-state index contributed by atoms with van der Waals surface area (Å²) in [7, 11) is 0. The number of nitrogens with one attached hydrogen (secondary N) is 1. The molecule has 4 heteroatoms. The molecule has 3 rings (SSSR count). The predicted octanol–water partition coefficient (Wildman–Crippen LogP) is 2.24. The summed E-state index contributed by atoms with van der Waals surface area (Å²) in [5, 5.41) is 2.88. The smallest absolute Gasteiger partial charge is 0.224 e. The van der Waals surface area contributed by atoms with Crippen LogP contribution in [-0.2, 0) is 28.9 Å². The quantitative estimate of drug-likeness (QED) is 0.906. The highest BCUT2D eigenvalue weighted by molar-refractivity contribution is 5.80. The number of likely N-dealkylation sites (tertiary alicyclic amines) is 1. The lowest BCUT2D eigenvalue weighted by Crippen LogP contribution is -2.33. The van der Waals surface area contributed by atoms with Crippen LogP contribution in [0.1, 0.15) is 48.8 Å². The molecule has 2 aliphatic rings. The molecule has 1 N–H and O–H groups in total. The zero-order valence-corrected chi connectivity index (χ0v) is 13.8. The van der Waals surface area contributed by atoms with Gasteiger partial charge in [0.15, 0.2) is 0 Å². The molecule has 4 nitrogen and oxygen atoms in total. The van der Waals surface area contributed by atoms with E-state index in [2.05, 4.69) is 23.5 Å². The van der Waals surface area contributed by atoms with Crippen molar-refractivity contribution in [2.45, 2.75) is 51.4 Å². The molecule has 0 radical (unpaired) electrons. The second kappa shape index (κ2) is 7.62. The highest BCUT2D eigenvalue weighted by Gasteiger charge is 2.17. The number of carbonyl (C=O) groups excluding carboxylic acids is 2. The third-order valence-corrected chi connectivity index (χ3v) is 4.90. The number of rotatable bonds is 5. The van der Waals surface area contributed by atoms with Gasteiger partial charge < -0.3 is 10.2 Å². The highest BCUT2D eigenvalue weighted by atomic mass is 16.2. The van der Waals surface area contributed by atoms with Crippen LogP contribution < -0.4 is 5.32 Å². The fraction of sp³-hybridized carbons (Fsp3) is 0.579. The number of nitrogens with zero attached hydrogens (tertiary/aromatic N) is 1. The van der Waals surface area contributed by atoms with Crippen molar-refractivity contribution in [3.63, 3.8) is 0 Å². The van der Waals surface area contributed by atoms with Gasteiger partial charge in [-0.2, -0.15) is 0 Å². The first kappa shape index (κ1) is 16.0. The van der Waals surface area contributed by atoms with Crippen LogP contribution in [0.2, 0.25) is 0 Å². The lowest BCUT2D eigenvalue weighted by molar-refractivity contribution is -0.130. The van der Waals surface area contributed by atoms with Gasteiger partial charge >= 0.3 is 0 Å². The minimum absolute atomic E-state index is 0.00924. The van der Waals surface area contributed by atoms with Crippen molar-refractivity contribution in [3.8, 4) is 0 Å². The molecule has 1 aromatic carbocycles. The van der Waals surface area contributed by atoms with Crippen LogP contribution in [0, 0.1) is 0 Å². The van der Waals surface area contributed by atoms with Crippen LogP contribution in [-0.4, -0.2) is 36.3 Å². The summed E-state index contributed by atoms with van der Waals surface area (Å²) in [6.07, 6.45) is 7.86. The van der Waals surface area contributed by atoms with Crippen LogP contribution in [0.15, 0.2) is 18.2 Å². The van der Waals surface area contributed by atoms with Crippen molar-refractivity contribution in [2.24, 2.45) is 0 Å².